The average molecular weight is 301 g/mol. The third-order valence-electron chi connectivity index (χ3n) is 2.87. The van der Waals surface area contributed by atoms with Crippen LogP contribution >= 0.6 is 22.6 Å². The molecule has 1 aliphatic carbocycles. The van der Waals surface area contributed by atoms with E-state index in [4.69, 9.17) is 0 Å². The summed E-state index contributed by atoms with van der Waals surface area (Å²) in [4.78, 5) is 0. The SMILES string of the molecule is CNC(CC1CC1)c1cccc(I)c1. The van der Waals surface area contributed by atoms with Crippen LogP contribution in [0.5, 0.6) is 0 Å². The summed E-state index contributed by atoms with van der Waals surface area (Å²) in [7, 11) is 2.06. The van der Waals surface area contributed by atoms with E-state index >= 15 is 0 Å². The Labute approximate surface area is 99.4 Å². The molecule has 1 atom stereocenters. The topological polar surface area (TPSA) is 12.0 Å². The van der Waals surface area contributed by atoms with Gasteiger partial charge in [-0.05, 0) is 59.7 Å². The molecule has 1 aromatic rings. The Morgan fingerprint density at radius 1 is 1.50 bits per heavy atom. The van der Waals surface area contributed by atoms with E-state index in [1.54, 1.807) is 0 Å². The molecule has 2 rings (SSSR count). The summed E-state index contributed by atoms with van der Waals surface area (Å²) in [6.07, 6.45) is 4.17. The van der Waals surface area contributed by atoms with E-state index in [0.717, 1.165) is 5.92 Å². The molecule has 0 spiro atoms. The second-order valence-electron chi connectivity index (χ2n) is 4.08. The highest BCUT2D eigenvalue weighted by molar-refractivity contribution is 14.1. The Kier molecular flexibility index (Phi) is 3.44. The maximum Gasteiger partial charge on any atom is 0.0320 e. The van der Waals surface area contributed by atoms with Crippen molar-refractivity contribution in [3.8, 4) is 0 Å². The van der Waals surface area contributed by atoms with Crippen LogP contribution in [-0.2, 0) is 0 Å². The van der Waals surface area contributed by atoms with Crippen LogP contribution in [0.1, 0.15) is 30.9 Å². The number of hydrogen-bond donors (Lipinski definition) is 1. The Bertz CT molecular complexity index is 307. The van der Waals surface area contributed by atoms with Crippen molar-refractivity contribution in [3.05, 3.63) is 33.4 Å². The summed E-state index contributed by atoms with van der Waals surface area (Å²) < 4.78 is 1.33. The lowest BCUT2D eigenvalue weighted by atomic mass is 10.0. The number of rotatable bonds is 4. The highest BCUT2D eigenvalue weighted by Crippen LogP contribution is 2.37. The van der Waals surface area contributed by atoms with Gasteiger partial charge in [0.25, 0.3) is 0 Å². The van der Waals surface area contributed by atoms with Gasteiger partial charge in [0.05, 0.1) is 0 Å². The van der Waals surface area contributed by atoms with Crippen LogP contribution in [0, 0.1) is 9.49 Å². The predicted molar refractivity (Wildman–Crippen MR) is 68.3 cm³/mol. The first-order chi connectivity index (χ1) is 6.79. The van der Waals surface area contributed by atoms with Gasteiger partial charge in [0, 0.05) is 9.61 Å². The standard InChI is InChI=1S/C12H16IN/c1-14-12(7-9-5-6-9)10-3-2-4-11(13)8-10/h2-4,8-9,12,14H,5-7H2,1H3. The Hall–Kier alpha value is -0.0900. The molecule has 0 aromatic heterocycles. The zero-order chi connectivity index (χ0) is 9.97. The van der Waals surface area contributed by atoms with Crippen LogP contribution < -0.4 is 5.32 Å². The van der Waals surface area contributed by atoms with Gasteiger partial charge in [-0.2, -0.15) is 0 Å². The Morgan fingerprint density at radius 2 is 2.29 bits per heavy atom. The number of hydrogen-bond acceptors (Lipinski definition) is 1. The highest BCUT2D eigenvalue weighted by atomic mass is 127. The molecule has 1 unspecified atom stereocenters. The van der Waals surface area contributed by atoms with Gasteiger partial charge in [-0.3, -0.25) is 0 Å². The van der Waals surface area contributed by atoms with Crippen LogP contribution in [0.2, 0.25) is 0 Å². The number of benzene rings is 1. The minimum atomic E-state index is 0.553. The maximum absolute atomic E-state index is 3.41. The first kappa shape index (κ1) is 10.4. The van der Waals surface area contributed by atoms with Gasteiger partial charge in [-0.15, -0.1) is 0 Å². The molecule has 1 aliphatic rings. The van der Waals surface area contributed by atoms with Gasteiger partial charge >= 0.3 is 0 Å². The zero-order valence-electron chi connectivity index (χ0n) is 8.46. The van der Waals surface area contributed by atoms with E-state index in [1.165, 1.54) is 28.4 Å². The van der Waals surface area contributed by atoms with Crippen molar-refractivity contribution >= 4 is 22.6 Å². The summed E-state index contributed by atoms with van der Waals surface area (Å²) >= 11 is 2.38. The van der Waals surface area contributed by atoms with Crippen LogP contribution in [-0.4, -0.2) is 7.05 Å². The van der Waals surface area contributed by atoms with Crippen molar-refractivity contribution in [1.82, 2.24) is 5.32 Å². The quantitative estimate of drug-likeness (QED) is 0.841. The van der Waals surface area contributed by atoms with Crippen LogP contribution in [0.15, 0.2) is 24.3 Å². The van der Waals surface area contributed by atoms with Gasteiger partial charge < -0.3 is 5.32 Å². The smallest absolute Gasteiger partial charge is 0.0320 e. The lowest BCUT2D eigenvalue weighted by Crippen LogP contribution is -2.16. The molecule has 1 N–H and O–H groups in total. The lowest BCUT2D eigenvalue weighted by Gasteiger charge is -2.16. The van der Waals surface area contributed by atoms with E-state index in [2.05, 4.69) is 59.2 Å². The fourth-order valence-electron chi connectivity index (χ4n) is 1.83. The molecule has 1 saturated carbocycles. The molecule has 1 nitrogen and oxygen atoms in total. The monoisotopic (exact) mass is 301 g/mol. The second-order valence-corrected chi connectivity index (χ2v) is 5.32. The van der Waals surface area contributed by atoms with E-state index < -0.39 is 0 Å². The van der Waals surface area contributed by atoms with Gasteiger partial charge in [0.2, 0.25) is 0 Å². The summed E-state index contributed by atoms with van der Waals surface area (Å²) in [6, 6.07) is 9.36. The molecule has 0 saturated heterocycles. The van der Waals surface area contributed by atoms with Crippen LogP contribution in [0.3, 0.4) is 0 Å². The molecule has 1 aromatic carbocycles. The minimum Gasteiger partial charge on any atom is -0.313 e. The number of halogens is 1. The van der Waals surface area contributed by atoms with Gasteiger partial charge in [0.15, 0.2) is 0 Å². The number of nitrogens with one attached hydrogen (secondary N) is 1. The van der Waals surface area contributed by atoms with Crippen molar-refractivity contribution in [1.29, 1.82) is 0 Å². The van der Waals surface area contributed by atoms with Crippen molar-refractivity contribution in [2.45, 2.75) is 25.3 Å². The van der Waals surface area contributed by atoms with Crippen LogP contribution in [0.25, 0.3) is 0 Å². The maximum atomic E-state index is 3.41. The molecule has 2 heteroatoms. The molecule has 0 heterocycles. The molecule has 76 valence electrons. The van der Waals surface area contributed by atoms with Gasteiger partial charge in [-0.1, -0.05) is 25.0 Å². The second kappa shape index (κ2) is 4.62. The fraction of sp³-hybridized carbons (Fsp3) is 0.500. The average Bonchev–Trinajstić information content (AvgIpc) is 2.98. The van der Waals surface area contributed by atoms with Crippen molar-refractivity contribution in [3.63, 3.8) is 0 Å². The third kappa shape index (κ3) is 2.70. The van der Waals surface area contributed by atoms with E-state index in [0.29, 0.717) is 6.04 Å². The highest BCUT2D eigenvalue weighted by Gasteiger charge is 2.25. The molecule has 0 bridgehead atoms. The molecule has 14 heavy (non-hydrogen) atoms. The molecule has 1 fully saturated rings. The molecular weight excluding hydrogens is 285 g/mol. The summed E-state index contributed by atoms with van der Waals surface area (Å²) in [5.74, 6) is 0.977. The third-order valence-corrected chi connectivity index (χ3v) is 3.54. The summed E-state index contributed by atoms with van der Waals surface area (Å²) in [5.41, 5.74) is 1.44. The first-order valence-electron chi connectivity index (χ1n) is 5.22. The first-order valence-corrected chi connectivity index (χ1v) is 6.30. The normalized spacial score (nSPS) is 18.1. The zero-order valence-corrected chi connectivity index (χ0v) is 10.6. The molecule has 0 amide bonds. The Balaban J connectivity index is 2.08. The van der Waals surface area contributed by atoms with E-state index in [9.17, 15) is 0 Å². The van der Waals surface area contributed by atoms with E-state index in [1.807, 2.05) is 0 Å². The summed E-state index contributed by atoms with van der Waals surface area (Å²) in [5, 5.41) is 3.41. The van der Waals surface area contributed by atoms with Crippen molar-refractivity contribution < 1.29 is 0 Å². The van der Waals surface area contributed by atoms with Gasteiger partial charge in [-0.25, -0.2) is 0 Å². The molecular formula is C12H16IN. The molecule has 0 radical (unpaired) electrons. The largest absolute Gasteiger partial charge is 0.313 e. The van der Waals surface area contributed by atoms with Crippen molar-refractivity contribution in [2.75, 3.05) is 7.05 Å². The van der Waals surface area contributed by atoms with Crippen LogP contribution in [0.4, 0.5) is 0 Å². The van der Waals surface area contributed by atoms with Crippen molar-refractivity contribution in [2.24, 2.45) is 5.92 Å². The molecule has 0 aliphatic heterocycles. The minimum absolute atomic E-state index is 0.553. The van der Waals surface area contributed by atoms with E-state index in [-0.39, 0.29) is 0 Å². The van der Waals surface area contributed by atoms with Gasteiger partial charge in [0.1, 0.15) is 0 Å². The Morgan fingerprint density at radius 3 is 2.86 bits per heavy atom. The lowest BCUT2D eigenvalue weighted by molar-refractivity contribution is 0.514. The predicted octanol–water partition coefficient (Wildman–Crippen LogP) is 3.35. The summed E-state index contributed by atoms with van der Waals surface area (Å²) in [6.45, 7) is 0. The fourth-order valence-corrected chi connectivity index (χ4v) is 2.40.